The smallest absolute Gasteiger partial charge is 0.350 e. The van der Waals surface area contributed by atoms with Crippen molar-refractivity contribution in [3.8, 4) is 5.75 Å². The average molecular weight is 552 g/mol. The standard InChI is InChI=1S/C27H25N3O8S/c1-4-5-14-38-19-12-8-17(9-13-19)22(31)20-21(16-6-10-18(11-7-16)30(35)36)29(25(33)23(20)32)27-28-15(2)24(39-27)26(34)37-3/h6-13,21,31H,4-5,14H2,1-3H3/t21-/m1/s1. The molecule has 1 aromatic heterocycles. The van der Waals surface area contributed by atoms with Gasteiger partial charge in [0.25, 0.3) is 11.5 Å². The van der Waals surface area contributed by atoms with Crippen molar-refractivity contribution in [2.45, 2.75) is 32.7 Å². The van der Waals surface area contributed by atoms with E-state index in [1.165, 1.54) is 31.4 Å². The predicted molar refractivity (Wildman–Crippen MR) is 143 cm³/mol. The van der Waals surface area contributed by atoms with Gasteiger partial charge in [0.2, 0.25) is 0 Å². The predicted octanol–water partition coefficient (Wildman–Crippen LogP) is 4.95. The van der Waals surface area contributed by atoms with E-state index < -0.39 is 34.4 Å². The van der Waals surface area contributed by atoms with E-state index >= 15 is 0 Å². The van der Waals surface area contributed by atoms with Crippen molar-refractivity contribution in [2.24, 2.45) is 0 Å². The molecule has 0 bridgehead atoms. The van der Waals surface area contributed by atoms with E-state index in [4.69, 9.17) is 9.47 Å². The maximum Gasteiger partial charge on any atom is 0.350 e. The van der Waals surface area contributed by atoms with Gasteiger partial charge in [-0.1, -0.05) is 24.7 Å². The molecule has 1 saturated heterocycles. The highest BCUT2D eigenvalue weighted by Crippen LogP contribution is 2.44. The summed E-state index contributed by atoms with van der Waals surface area (Å²) in [6, 6.07) is 10.6. The minimum Gasteiger partial charge on any atom is -0.507 e. The minimum absolute atomic E-state index is 0.0390. The highest BCUT2D eigenvalue weighted by atomic mass is 32.1. The highest BCUT2D eigenvalue weighted by Gasteiger charge is 2.48. The Kier molecular flexibility index (Phi) is 8.05. The molecule has 1 atom stereocenters. The van der Waals surface area contributed by atoms with Crippen LogP contribution < -0.4 is 9.64 Å². The van der Waals surface area contributed by atoms with Crippen molar-refractivity contribution in [3.63, 3.8) is 0 Å². The summed E-state index contributed by atoms with van der Waals surface area (Å²) in [6.45, 7) is 4.15. The van der Waals surface area contributed by atoms with E-state index in [-0.39, 0.29) is 26.8 Å². The average Bonchev–Trinajstić information content (AvgIpc) is 3.44. The molecule has 4 rings (SSSR count). The fraction of sp³-hybridized carbons (Fsp3) is 0.259. The Hall–Kier alpha value is -4.58. The lowest BCUT2D eigenvalue weighted by atomic mass is 9.95. The quantitative estimate of drug-likeness (QED) is 0.0741. The van der Waals surface area contributed by atoms with Gasteiger partial charge >= 0.3 is 11.9 Å². The number of anilines is 1. The third-order valence-electron chi connectivity index (χ3n) is 6.12. The third kappa shape index (κ3) is 5.36. The van der Waals surface area contributed by atoms with Crippen molar-refractivity contribution >= 4 is 45.6 Å². The number of esters is 1. The third-order valence-corrected chi connectivity index (χ3v) is 7.26. The van der Waals surface area contributed by atoms with Gasteiger partial charge in [0.05, 0.1) is 35.9 Å². The fourth-order valence-electron chi connectivity index (χ4n) is 4.09. The number of carbonyl (C=O) groups excluding carboxylic acids is 3. The van der Waals surface area contributed by atoms with Crippen molar-refractivity contribution in [2.75, 3.05) is 18.6 Å². The lowest BCUT2D eigenvalue weighted by molar-refractivity contribution is -0.384. The molecule has 202 valence electrons. The molecule has 1 aliphatic rings. The van der Waals surface area contributed by atoms with Crippen molar-refractivity contribution in [3.05, 3.63) is 85.9 Å². The molecule has 2 heterocycles. The number of hydrogen-bond acceptors (Lipinski definition) is 10. The number of carbonyl (C=O) groups is 3. The van der Waals surface area contributed by atoms with Crippen LogP contribution in [0.5, 0.6) is 5.75 Å². The number of unbranched alkanes of at least 4 members (excludes halogenated alkanes) is 1. The molecule has 2 aromatic carbocycles. The molecule has 3 aromatic rings. The van der Waals surface area contributed by atoms with Crippen molar-refractivity contribution in [1.82, 2.24) is 4.98 Å². The number of aliphatic hydroxyl groups excluding tert-OH is 1. The molecular formula is C27H25N3O8S. The van der Waals surface area contributed by atoms with E-state index in [1.54, 1.807) is 31.2 Å². The molecule has 11 nitrogen and oxygen atoms in total. The van der Waals surface area contributed by atoms with E-state index in [0.29, 0.717) is 23.6 Å². The van der Waals surface area contributed by atoms with Crippen LogP contribution in [0.25, 0.3) is 5.76 Å². The molecule has 0 spiro atoms. The molecule has 12 heteroatoms. The van der Waals surface area contributed by atoms with E-state index in [2.05, 4.69) is 4.98 Å². The number of aliphatic hydroxyl groups is 1. The van der Waals surface area contributed by atoms with Gasteiger partial charge in [0.1, 0.15) is 16.4 Å². The largest absolute Gasteiger partial charge is 0.507 e. The zero-order valence-corrected chi connectivity index (χ0v) is 22.2. The second-order valence-electron chi connectivity index (χ2n) is 8.65. The van der Waals surface area contributed by atoms with Crippen LogP contribution in [0, 0.1) is 17.0 Å². The molecule has 1 fully saturated rings. The second kappa shape index (κ2) is 11.4. The number of methoxy groups -OCH3 is 1. The molecule has 0 aliphatic carbocycles. The Morgan fingerprint density at radius 1 is 1.15 bits per heavy atom. The zero-order chi connectivity index (χ0) is 28.3. The summed E-state index contributed by atoms with van der Waals surface area (Å²) in [4.78, 5) is 55.0. The van der Waals surface area contributed by atoms with Gasteiger partial charge < -0.3 is 14.6 Å². The zero-order valence-electron chi connectivity index (χ0n) is 21.4. The first-order valence-corrected chi connectivity index (χ1v) is 12.8. The normalized spacial score (nSPS) is 16.4. The van der Waals surface area contributed by atoms with Gasteiger partial charge in [0, 0.05) is 17.7 Å². The highest BCUT2D eigenvalue weighted by molar-refractivity contribution is 7.17. The number of nitro benzene ring substituents is 1. The van der Waals surface area contributed by atoms with E-state index in [9.17, 15) is 29.6 Å². The number of ether oxygens (including phenoxy) is 2. The molecule has 0 radical (unpaired) electrons. The molecule has 0 saturated carbocycles. The number of hydrogen-bond donors (Lipinski definition) is 1. The summed E-state index contributed by atoms with van der Waals surface area (Å²) in [5, 5.41) is 22.5. The van der Waals surface area contributed by atoms with E-state index in [0.717, 1.165) is 29.1 Å². The number of aromatic nitrogens is 1. The minimum atomic E-state index is -1.16. The summed E-state index contributed by atoms with van der Waals surface area (Å²) in [5.41, 5.74) is 0.486. The van der Waals surface area contributed by atoms with Gasteiger partial charge in [-0.05, 0) is 55.3 Å². The SMILES string of the molecule is CCCCOc1ccc(C(O)=C2C(=O)C(=O)N(c3nc(C)c(C(=O)OC)s3)[C@@H]2c2ccc([N+](=O)[O-])cc2)cc1. The fourth-order valence-corrected chi connectivity index (χ4v) is 5.10. The van der Waals surface area contributed by atoms with Gasteiger partial charge in [0.15, 0.2) is 5.13 Å². The summed E-state index contributed by atoms with van der Waals surface area (Å²) in [6.07, 6.45) is 1.86. The lowest BCUT2D eigenvalue weighted by Gasteiger charge is -2.23. The van der Waals surface area contributed by atoms with Crippen molar-refractivity contribution < 1.29 is 33.9 Å². The number of aryl methyl sites for hydroxylation is 1. The number of Topliss-reactive ketones (excluding diaryl/α,β-unsaturated/α-hetero) is 1. The van der Waals surface area contributed by atoms with Gasteiger partial charge in [-0.2, -0.15) is 0 Å². The Balaban J connectivity index is 1.83. The number of benzene rings is 2. The van der Waals surface area contributed by atoms with Crippen LogP contribution in [0.15, 0.2) is 54.1 Å². The molecule has 1 amide bonds. The van der Waals surface area contributed by atoms with Gasteiger partial charge in [-0.3, -0.25) is 24.6 Å². The van der Waals surface area contributed by atoms with E-state index in [1.807, 2.05) is 6.92 Å². The summed E-state index contributed by atoms with van der Waals surface area (Å²) < 4.78 is 10.4. The van der Waals surface area contributed by atoms with Crippen LogP contribution in [0.4, 0.5) is 10.8 Å². The number of non-ortho nitro benzene ring substituents is 1. The first kappa shape index (κ1) is 27.5. The van der Waals surface area contributed by atoms with Crippen LogP contribution >= 0.6 is 11.3 Å². The number of amides is 1. The first-order valence-electron chi connectivity index (χ1n) is 12.0. The molecule has 39 heavy (non-hydrogen) atoms. The van der Waals surface area contributed by atoms with Crippen LogP contribution in [0.3, 0.4) is 0 Å². The number of nitro groups is 1. The number of ketones is 1. The summed E-state index contributed by atoms with van der Waals surface area (Å²) in [5.74, 6) is -2.43. The Morgan fingerprint density at radius 2 is 1.82 bits per heavy atom. The Labute approximate surface area is 227 Å². The maximum atomic E-state index is 13.3. The van der Waals surface area contributed by atoms with Crippen LogP contribution in [0.1, 0.15) is 52.3 Å². The monoisotopic (exact) mass is 551 g/mol. The summed E-state index contributed by atoms with van der Waals surface area (Å²) >= 11 is 0.861. The Morgan fingerprint density at radius 3 is 2.41 bits per heavy atom. The van der Waals surface area contributed by atoms with Crippen LogP contribution in [-0.2, 0) is 14.3 Å². The molecular weight excluding hydrogens is 526 g/mol. The molecule has 1 N–H and O–H groups in total. The molecule has 0 unspecified atom stereocenters. The maximum absolute atomic E-state index is 13.3. The Bertz CT molecular complexity index is 1460. The number of rotatable bonds is 9. The molecule has 1 aliphatic heterocycles. The van der Waals surface area contributed by atoms with Crippen molar-refractivity contribution in [1.29, 1.82) is 0 Å². The number of thiazole rings is 1. The topological polar surface area (TPSA) is 149 Å². The second-order valence-corrected chi connectivity index (χ2v) is 9.62. The lowest BCUT2D eigenvalue weighted by Crippen LogP contribution is -2.29. The summed E-state index contributed by atoms with van der Waals surface area (Å²) in [7, 11) is 1.21. The number of nitrogens with zero attached hydrogens (tertiary/aromatic N) is 3. The van der Waals surface area contributed by atoms with Gasteiger partial charge in [-0.25, -0.2) is 9.78 Å². The van der Waals surface area contributed by atoms with Gasteiger partial charge in [-0.15, -0.1) is 0 Å². The van der Waals surface area contributed by atoms with Crippen LogP contribution in [-0.4, -0.2) is 46.4 Å². The van der Waals surface area contributed by atoms with Crippen LogP contribution in [0.2, 0.25) is 0 Å². The first-order chi connectivity index (χ1) is 18.7.